The van der Waals surface area contributed by atoms with Gasteiger partial charge < -0.3 is 10.2 Å². The van der Waals surface area contributed by atoms with Crippen LogP contribution < -0.4 is 5.73 Å². The zero-order chi connectivity index (χ0) is 8.55. The number of hydrogen-bond donors (Lipinski definition) is 1. The van der Waals surface area contributed by atoms with Crippen molar-refractivity contribution in [2.45, 2.75) is 6.54 Å². The Balaban J connectivity index is 0.000000845. The predicted molar refractivity (Wildman–Crippen MR) is 49.1 cm³/mol. The minimum Gasteiger partial charge on any atom is -0.439 e. The molecule has 0 atom stereocenters. The molecule has 13 heavy (non-hydrogen) atoms. The molecule has 2 aromatic rings. The number of oxazole rings is 1. The fraction of sp³-hybridized carbons (Fsp3) is 0.125. The molecule has 3 nitrogen and oxygen atoms in total. The molecule has 0 spiro atoms. The van der Waals surface area contributed by atoms with Crippen LogP contribution in [0.1, 0.15) is 5.89 Å². The van der Waals surface area contributed by atoms with Crippen LogP contribution >= 0.6 is 12.4 Å². The van der Waals surface area contributed by atoms with Crippen LogP contribution in [0.15, 0.2) is 22.6 Å². The van der Waals surface area contributed by atoms with Crippen molar-refractivity contribution in [2.24, 2.45) is 5.73 Å². The van der Waals surface area contributed by atoms with E-state index in [1.165, 1.54) is 18.2 Å². The third-order valence-corrected chi connectivity index (χ3v) is 1.57. The highest BCUT2D eigenvalue weighted by Crippen LogP contribution is 2.15. The maximum atomic E-state index is 12.6. The molecule has 0 radical (unpaired) electrons. The lowest BCUT2D eigenvalue weighted by Gasteiger charge is -1.84. The molecule has 1 heterocycles. The Kier molecular flexibility index (Phi) is 2.85. The molecule has 0 aliphatic carbocycles. The summed E-state index contributed by atoms with van der Waals surface area (Å²) >= 11 is 0. The van der Waals surface area contributed by atoms with Crippen molar-refractivity contribution in [3.05, 3.63) is 29.9 Å². The van der Waals surface area contributed by atoms with Crippen LogP contribution in [0, 0.1) is 5.82 Å². The second kappa shape index (κ2) is 3.72. The summed E-state index contributed by atoms with van der Waals surface area (Å²) in [6.45, 7) is 0.232. The van der Waals surface area contributed by atoms with Gasteiger partial charge in [-0.1, -0.05) is 0 Å². The van der Waals surface area contributed by atoms with E-state index in [2.05, 4.69) is 4.98 Å². The van der Waals surface area contributed by atoms with Crippen LogP contribution in [0.25, 0.3) is 11.1 Å². The molecule has 0 bridgehead atoms. The van der Waals surface area contributed by atoms with E-state index in [0.29, 0.717) is 17.0 Å². The van der Waals surface area contributed by atoms with Gasteiger partial charge in [-0.2, -0.15) is 0 Å². The largest absolute Gasteiger partial charge is 0.439 e. The fourth-order valence-corrected chi connectivity index (χ4v) is 1.04. The van der Waals surface area contributed by atoms with Gasteiger partial charge in [-0.15, -0.1) is 12.4 Å². The van der Waals surface area contributed by atoms with Gasteiger partial charge in [0.2, 0.25) is 5.89 Å². The van der Waals surface area contributed by atoms with E-state index >= 15 is 0 Å². The summed E-state index contributed by atoms with van der Waals surface area (Å²) in [5, 5.41) is 0. The summed E-state index contributed by atoms with van der Waals surface area (Å²) in [6.07, 6.45) is 0. The van der Waals surface area contributed by atoms with E-state index in [-0.39, 0.29) is 24.8 Å². The van der Waals surface area contributed by atoms with E-state index in [1.54, 1.807) is 0 Å². The molecule has 0 amide bonds. The monoisotopic (exact) mass is 202 g/mol. The van der Waals surface area contributed by atoms with Gasteiger partial charge in [-0.3, -0.25) is 0 Å². The first-order valence-electron chi connectivity index (χ1n) is 3.54. The highest BCUT2D eigenvalue weighted by Gasteiger charge is 2.03. The van der Waals surface area contributed by atoms with E-state index in [1.807, 2.05) is 0 Å². The Morgan fingerprint density at radius 2 is 2.23 bits per heavy atom. The lowest BCUT2D eigenvalue weighted by atomic mass is 10.3. The number of rotatable bonds is 1. The van der Waals surface area contributed by atoms with Crippen LogP contribution in [0.4, 0.5) is 4.39 Å². The first-order chi connectivity index (χ1) is 5.79. The summed E-state index contributed by atoms with van der Waals surface area (Å²) in [4.78, 5) is 3.96. The second-order valence-electron chi connectivity index (χ2n) is 2.42. The van der Waals surface area contributed by atoms with Crippen LogP contribution in [0.2, 0.25) is 0 Å². The molecule has 0 aliphatic rings. The standard InChI is InChI=1S/C8H7FN2O.ClH/c9-5-1-2-7-6(3-5)11-8(4-10)12-7;/h1-3H,4,10H2;1H. The van der Waals surface area contributed by atoms with Gasteiger partial charge in [0.1, 0.15) is 11.3 Å². The average Bonchev–Trinajstić information content (AvgIpc) is 2.46. The predicted octanol–water partition coefficient (Wildman–Crippen LogP) is 1.85. The first-order valence-corrected chi connectivity index (χ1v) is 3.54. The second-order valence-corrected chi connectivity index (χ2v) is 2.42. The van der Waals surface area contributed by atoms with Crippen LogP contribution in [0.5, 0.6) is 0 Å². The van der Waals surface area contributed by atoms with Gasteiger partial charge in [-0.05, 0) is 12.1 Å². The van der Waals surface area contributed by atoms with Crippen molar-refractivity contribution in [3.63, 3.8) is 0 Å². The summed E-state index contributed by atoms with van der Waals surface area (Å²) in [6, 6.07) is 4.18. The van der Waals surface area contributed by atoms with Crippen molar-refractivity contribution in [1.29, 1.82) is 0 Å². The quantitative estimate of drug-likeness (QED) is 0.768. The average molecular weight is 203 g/mol. The lowest BCUT2D eigenvalue weighted by Crippen LogP contribution is -1.94. The summed E-state index contributed by atoms with van der Waals surface area (Å²) in [5.41, 5.74) is 6.38. The zero-order valence-corrected chi connectivity index (χ0v) is 7.47. The highest BCUT2D eigenvalue weighted by molar-refractivity contribution is 5.85. The molecule has 0 fully saturated rings. The molecule has 0 unspecified atom stereocenters. The molecule has 0 saturated heterocycles. The Labute approximate surface area is 80.2 Å². The van der Waals surface area contributed by atoms with Crippen molar-refractivity contribution in [2.75, 3.05) is 0 Å². The minimum atomic E-state index is -0.320. The molecule has 2 N–H and O–H groups in total. The normalized spacial score (nSPS) is 10.0. The third-order valence-electron chi connectivity index (χ3n) is 1.57. The Hall–Kier alpha value is -1.13. The number of benzene rings is 1. The van der Waals surface area contributed by atoms with Crippen LogP contribution in [-0.4, -0.2) is 4.98 Å². The molecule has 1 aromatic heterocycles. The molecular weight excluding hydrogens is 195 g/mol. The van der Waals surface area contributed by atoms with Crippen LogP contribution in [-0.2, 0) is 6.54 Å². The minimum absolute atomic E-state index is 0. The molecule has 1 aromatic carbocycles. The van der Waals surface area contributed by atoms with Crippen molar-refractivity contribution < 1.29 is 8.81 Å². The Morgan fingerprint density at radius 1 is 1.46 bits per heavy atom. The number of nitrogens with two attached hydrogens (primary N) is 1. The molecule has 2 rings (SSSR count). The summed E-state index contributed by atoms with van der Waals surface area (Å²) < 4.78 is 17.8. The van der Waals surface area contributed by atoms with E-state index in [9.17, 15) is 4.39 Å². The maximum Gasteiger partial charge on any atom is 0.209 e. The van der Waals surface area contributed by atoms with Crippen molar-refractivity contribution in [1.82, 2.24) is 4.98 Å². The van der Waals surface area contributed by atoms with E-state index in [0.717, 1.165) is 0 Å². The van der Waals surface area contributed by atoms with Gasteiger partial charge in [0.25, 0.3) is 0 Å². The summed E-state index contributed by atoms with van der Waals surface area (Å²) in [5.74, 6) is 0.106. The molecule has 0 saturated carbocycles. The fourth-order valence-electron chi connectivity index (χ4n) is 1.04. The summed E-state index contributed by atoms with van der Waals surface area (Å²) in [7, 11) is 0. The number of hydrogen-bond acceptors (Lipinski definition) is 3. The Morgan fingerprint density at radius 3 is 2.92 bits per heavy atom. The lowest BCUT2D eigenvalue weighted by molar-refractivity contribution is 0.533. The first kappa shape index (κ1) is 9.95. The topological polar surface area (TPSA) is 52.0 Å². The van der Waals surface area contributed by atoms with Gasteiger partial charge in [0.15, 0.2) is 5.58 Å². The van der Waals surface area contributed by atoms with E-state index < -0.39 is 0 Å². The number of fused-ring (bicyclic) bond motifs is 1. The molecule has 0 aliphatic heterocycles. The number of halogens is 2. The van der Waals surface area contributed by atoms with Gasteiger partial charge >= 0.3 is 0 Å². The smallest absolute Gasteiger partial charge is 0.209 e. The molecule has 5 heteroatoms. The van der Waals surface area contributed by atoms with E-state index in [4.69, 9.17) is 10.2 Å². The van der Waals surface area contributed by atoms with Crippen molar-refractivity contribution >= 4 is 23.5 Å². The van der Waals surface area contributed by atoms with Gasteiger partial charge in [-0.25, -0.2) is 9.37 Å². The van der Waals surface area contributed by atoms with Gasteiger partial charge in [0.05, 0.1) is 6.54 Å². The van der Waals surface area contributed by atoms with Gasteiger partial charge in [0, 0.05) is 6.07 Å². The van der Waals surface area contributed by atoms with Crippen molar-refractivity contribution in [3.8, 4) is 0 Å². The SMILES string of the molecule is Cl.NCc1nc2cc(F)ccc2o1. The van der Waals surface area contributed by atoms with Crippen LogP contribution in [0.3, 0.4) is 0 Å². The number of nitrogens with zero attached hydrogens (tertiary/aromatic N) is 1. The highest BCUT2D eigenvalue weighted by atomic mass is 35.5. The third kappa shape index (κ3) is 1.79. The molecule has 70 valence electrons. The maximum absolute atomic E-state index is 12.6. The number of aromatic nitrogens is 1. The zero-order valence-electron chi connectivity index (χ0n) is 6.66. The molecular formula is C8H8ClFN2O. The Bertz CT molecular complexity index is 415.